The molecule has 3 heteroatoms. The molecule has 0 heterocycles. The van der Waals surface area contributed by atoms with Gasteiger partial charge < -0.3 is 4.74 Å². The van der Waals surface area contributed by atoms with Crippen LogP contribution in [-0.4, -0.2) is 12.2 Å². The minimum Gasteiger partial charge on any atom is -0.313 e. The highest BCUT2D eigenvalue weighted by Crippen LogP contribution is 2.16. The van der Waals surface area contributed by atoms with E-state index in [9.17, 15) is 8.78 Å². The molecule has 0 aliphatic carbocycles. The van der Waals surface area contributed by atoms with Gasteiger partial charge in [-0.2, -0.15) is 8.78 Å². The largest absolute Gasteiger partial charge is 0.353 e. The lowest BCUT2D eigenvalue weighted by atomic mass is 10.3. The summed E-state index contributed by atoms with van der Waals surface area (Å²) in [5.41, 5.74) is 0. The number of halogens is 2. The van der Waals surface area contributed by atoms with E-state index in [1.165, 1.54) is 0 Å². The molecule has 60 valence electrons. The number of hydrogen-bond acceptors (Lipinski definition) is 1. The van der Waals surface area contributed by atoms with Gasteiger partial charge in [0, 0.05) is 6.92 Å². The topological polar surface area (TPSA) is 9.23 Å². The summed E-state index contributed by atoms with van der Waals surface area (Å²) in [4.78, 5) is 0. The summed E-state index contributed by atoms with van der Waals surface area (Å²) in [6.07, 6.45) is -0.308. The van der Waals surface area contributed by atoms with Crippen LogP contribution in [0.4, 0.5) is 8.78 Å². The summed E-state index contributed by atoms with van der Waals surface area (Å²) < 4.78 is 28.3. The highest BCUT2D eigenvalue weighted by atomic mass is 19.3. The van der Waals surface area contributed by atoms with E-state index < -0.39 is 12.2 Å². The number of ether oxygens (including phenoxy) is 1. The summed E-state index contributed by atoms with van der Waals surface area (Å²) in [5, 5.41) is 0. The normalized spacial score (nSPS) is 16.1. The fourth-order valence-corrected chi connectivity index (χ4v) is 0.637. The average Bonchev–Trinajstić information content (AvgIpc) is 1.59. The van der Waals surface area contributed by atoms with E-state index in [1.807, 2.05) is 0 Å². The van der Waals surface area contributed by atoms with Gasteiger partial charge in [0.25, 0.3) is 0 Å². The molecular formula is C7H12F2O. The Balaban J connectivity index is 3.68. The second kappa shape index (κ2) is 3.66. The fourth-order valence-electron chi connectivity index (χ4n) is 0.637. The van der Waals surface area contributed by atoms with Crippen molar-refractivity contribution >= 4 is 0 Å². The van der Waals surface area contributed by atoms with Crippen molar-refractivity contribution < 1.29 is 13.5 Å². The molecule has 0 spiro atoms. The van der Waals surface area contributed by atoms with Crippen molar-refractivity contribution in [2.75, 3.05) is 0 Å². The first-order chi connectivity index (χ1) is 4.45. The van der Waals surface area contributed by atoms with E-state index in [-0.39, 0.29) is 0 Å². The molecule has 0 amide bonds. The first kappa shape index (κ1) is 9.56. The predicted molar refractivity (Wildman–Crippen MR) is 36.0 cm³/mol. The second-order valence-corrected chi connectivity index (χ2v) is 2.16. The zero-order valence-electron chi connectivity index (χ0n) is 6.40. The molecule has 0 aromatic carbocycles. The van der Waals surface area contributed by atoms with Gasteiger partial charge in [-0.3, -0.25) is 0 Å². The van der Waals surface area contributed by atoms with Gasteiger partial charge in [0.15, 0.2) is 0 Å². The smallest absolute Gasteiger partial charge is 0.313 e. The third-order valence-electron chi connectivity index (χ3n) is 0.856. The number of rotatable bonds is 3. The standard InChI is InChI=1S/C7H12F2O/c1-4-5-6(2)10-7(3,8)9/h4-6H,1-3H3/b5-4-. The molecule has 0 aromatic heterocycles. The van der Waals surface area contributed by atoms with Crippen LogP contribution in [0.1, 0.15) is 20.8 Å². The molecule has 0 radical (unpaired) electrons. The predicted octanol–water partition coefficient (Wildman–Crippen LogP) is 2.58. The summed E-state index contributed by atoms with van der Waals surface area (Å²) in [6.45, 7) is 4.05. The Morgan fingerprint density at radius 1 is 1.50 bits per heavy atom. The highest BCUT2D eigenvalue weighted by Gasteiger charge is 2.23. The molecule has 0 aromatic rings. The molecule has 0 fully saturated rings. The van der Waals surface area contributed by atoms with Gasteiger partial charge in [0.2, 0.25) is 0 Å². The summed E-state index contributed by atoms with van der Waals surface area (Å²) in [7, 11) is 0. The molecule has 1 nitrogen and oxygen atoms in total. The molecular weight excluding hydrogens is 138 g/mol. The van der Waals surface area contributed by atoms with Gasteiger partial charge >= 0.3 is 6.11 Å². The first-order valence-electron chi connectivity index (χ1n) is 3.14. The monoisotopic (exact) mass is 150 g/mol. The van der Waals surface area contributed by atoms with Gasteiger partial charge in [-0.15, -0.1) is 0 Å². The molecule has 1 unspecified atom stereocenters. The Labute approximate surface area is 59.7 Å². The minimum absolute atomic E-state index is 0.523. The Morgan fingerprint density at radius 2 is 2.00 bits per heavy atom. The van der Waals surface area contributed by atoms with Crippen LogP contribution in [0.15, 0.2) is 12.2 Å². The number of hydrogen-bond donors (Lipinski definition) is 0. The van der Waals surface area contributed by atoms with E-state index in [0.29, 0.717) is 0 Å². The van der Waals surface area contributed by atoms with Crippen molar-refractivity contribution in [3.05, 3.63) is 12.2 Å². The van der Waals surface area contributed by atoms with E-state index in [2.05, 4.69) is 4.74 Å². The van der Waals surface area contributed by atoms with E-state index in [4.69, 9.17) is 0 Å². The lowest BCUT2D eigenvalue weighted by Crippen LogP contribution is -2.20. The summed E-state index contributed by atoms with van der Waals surface area (Å²) in [6, 6.07) is 0. The van der Waals surface area contributed by atoms with Crippen LogP contribution in [0.5, 0.6) is 0 Å². The molecule has 10 heavy (non-hydrogen) atoms. The molecule has 1 atom stereocenters. The van der Waals surface area contributed by atoms with E-state index in [1.54, 1.807) is 26.0 Å². The van der Waals surface area contributed by atoms with Crippen LogP contribution in [0.25, 0.3) is 0 Å². The molecule has 0 N–H and O–H groups in total. The van der Waals surface area contributed by atoms with Gasteiger partial charge in [0.05, 0.1) is 6.10 Å². The van der Waals surface area contributed by atoms with Gasteiger partial charge in [-0.25, -0.2) is 0 Å². The number of allylic oxidation sites excluding steroid dienone is 1. The van der Waals surface area contributed by atoms with Gasteiger partial charge in [0.1, 0.15) is 0 Å². The SMILES string of the molecule is C/C=C\C(C)OC(C)(F)F. The zero-order chi connectivity index (χ0) is 8.20. The van der Waals surface area contributed by atoms with E-state index in [0.717, 1.165) is 6.92 Å². The Morgan fingerprint density at radius 3 is 2.30 bits per heavy atom. The molecule has 0 aliphatic heterocycles. The first-order valence-corrected chi connectivity index (χ1v) is 3.14. The van der Waals surface area contributed by atoms with Crippen LogP contribution in [0.2, 0.25) is 0 Å². The molecule has 0 saturated heterocycles. The number of alkyl halides is 2. The van der Waals surface area contributed by atoms with Crippen molar-refractivity contribution in [2.24, 2.45) is 0 Å². The van der Waals surface area contributed by atoms with E-state index >= 15 is 0 Å². The van der Waals surface area contributed by atoms with Crippen LogP contribution in [0.3, 0.4) is 0 Å². The van der Waals surface area contributed by atoms with Crippen molar-refractivity contribution in [2.45, 2.75) is 33.0 Å². The molecule has 0 aliphatic rings. The quantitative estimate of drug-likeness (QED) is 0.562. The van der Waals surface area contributed by atoms with Gasteiger partial charge in [-0.1, -0.05) is 12.2 Å². The maximum atomic E-state index is 12.0. The van der Waals surface area contributed by atoms with Gasteiger partial charge in [-0.05, 0) is 13.8 Å². The maximum absolute atomic E-state index is 12.0. The van der Waals surface area contributed by atoms with Crippen LogP contribution < -0.4 is 0 Å². The third-order valence-corrected chi connectivity index (χ3v) is 0.856. The van der Waals surface area contributed by atoms with Crippen LogP contribution in [-0.2, 0) is 4.74 Å². The van der Waals surface area contributed by atoms with Crippen LogP contribution >= 0.6 is 0 Å². The lowest BCUT2D eigenvalue weighted by Gasteiger charge is -2.14. The lowest BCUT2D eigenvalue weighted by molar-refractivity contribution is -0.237. The highest BCUT2D eigenvalue weighted by molar-refractivity contribution is 4.83. The van der Waals surface area contributed by atoms with Crippen molar-refractivity contribution in [3.8, 4) is 0 Å². The minimum atomic E-state index is -3.03. The molecule has 0 rings (SSSR count). The maximum Gasteiger partial charge on any atom is 0.353 e. The van der Waals surface area contributed by atoms with Crippen molar-refractivity contribution in [1.82, 2.24) is 0 Å². The Kier molecular flexibility index (Phi) is 3.50. The second-order valence-electron chi connectivity index (χ2n) is 2.16. The Bertz CT molecular complexity index is 115. The Hall–Kier alpha value is -0.440. The van der Waals surface area contributed by atoms with Crippen molar-refractivity contribution in [3.63, 3.8) is 0 Å². The van der Waals surface area contributed by atoms with Crippen molar-refractivity contribution in [1.29, 1.82) is 0 Å². The summed E-state index contributed by atoms with van der Waals surface area (Å²) in [5.74, 6) is 0. The zero-order valence-corrected chi connectivity index (χ0v) is 6.40. The third kappa shape index (κ3) is 5.69. The average molecular weight is 150 g/mol. The fraction of sp³-hybridized carbons (Fsp3) is 0.714. The summed E-state index contributed by atoms with van der Waals surface area (Å²) >= 11 is 0. The van der Waals surface area contributed by atoms with Crippen LogP contribution in [0, 0.1) is 0 Å². The molecule has 0 bridgehead atoms. The molecule has 0 saturated carbocycles.